The SMILES string of the molecule is COc1ccc(CC(NC(=O)OCC2c3ccccc3-c3ccccc32)C(=O)O)cc1OC(C)C. The Hall–Kier alpha value is -4.00. The molecule has 182 valence electrons. The maximum absolute atomic E-state index is 12.6. The summed E-state index contributed by atoms with van der Waals surface area (Å²) in [6, 6.07) is 20.1. The number of hydrogen-bond acceptors (Lipinski definition) is 5. The topological polar surface area (TPSA) is 94.1 Å². The van der Waals surface area contributed by atoms with Gasteiger partial charge in [-0.15, -0.1) is 0 Å². The van der Waals surface area contributed by atoms with E-state index in [2.05, 4.69) is 17.4 Å². The summed E-state index contributed by atoms with van der Waals surface area (Å²) in [6.45, 7) is 3.90. The number of carbonyl (C=O) groups is 2. The largest absolute Gasteiger partial charge is 0.493 e. The first-order chi connectivity index (χ1) is 16.9. The fourth-order valence-electron chi connectivity index (χ4n) is 4.41. The Morgan fingerprint density at radius 2 is 1.57 bits per heavy atom. The molecule has 1 aliphatic rings. The summed E-state index contributed by atoms with van der Waals surface area (Å²) in [5.74, 6) is -0.182. The van der Waals surface area contributed by atoms with E-state index in [-0.39, 0.29) is 25.0 Å². The number of methoxy groups -OCH3 is 1. The van der Waals surface area contributed by atoms with E-state index in [1.807, 2.05) is 50.2 Å². The van der Waals surface area contributed by atoms with Gasteiger partial charge in [0.1, 0.15) is 12.6 Å². The van der Waals surface area contributed by atoms with E-state index in [9.17, 15) is 14.7 Å². The monoisotopic (exact) mass is 475 g/mol. The molecule has 0 aliphatic heterocycles. The van der Waals surface area contributed by atoms with Crippen LogP contribution in [0.2, 0.25) is 0 Å². The first kappa shape index (κ1) is 24.1. The molecule has 1 amide bonds. The van der Waals surface area contributed by atoms with Gasteiger partial charge in [-0.05, 0) is 53.8 Å². The van der Waals surface area contributed by atoms with Gasteiger partial charge in [-0.1, -0.05) is 54.6 Å². The molecule has 3 aromatic carbocycles. The average Bonchev–Trinajstić information content (AvgIpc) is 3.16. The number of alkyl carbamates (subject to hydrolysis) is 1. The molecule has 2 N–H and O–H groups in total. The molecular weight excluding hydrogens is 446 g/mol. The zero-order chi connectivity index (χ0) is 24.9. The Bertz CT molecular complexity index is 1180. The van der Waals surface area contributed by atoms with Crippen LogP contribution in [0.5, 0.6) is 11.5 Å². The van der Waals surface area contributed by atoms with Crippen molar-refractivity contribution in [2.24, 2.45) is 0 Å². The van der Waals surface area contributed by atoms with Crippen molar-refractivity contribution in [3.63, 3.8) is 0 Å². The fraction of sp³-hybridized carbons (Fsp3) is 0.286. The second kappa shape index (κ2) is 10.5. The van der Waals surface area contributed by atoms with E-state index in [4.69, 9.17) is 14.2 Å². The molecule has 0 bridgehead atoms. The Labute approximate surface area is 204 Å². The predicted octanol–water partition coefficient (Wildman–Crippen LogP) is 5.02. The average molecular weight is 476 g/mol. The molecule has 0 saturated carbocycles. The molecule has 0 saturated heterocycles. The highest BCUT2D eigenvalue weighted by Crippen LogP contribution is 2.44. The highest BCUT2D eigenvalue weighted by molar-refractivity contribution is 5.81. The van der Waals surface area contributed by atoms with E-state index >= 15 is 0 Å². The minimum Gasteiger partial charge on any atom is -0.493 e. The van der Waals surface area contributed by atoms with Crippen LogP contribution in [-0.4, -0.2) is 43.0 Å². The molecule has 0 heterocycles. The van der Waals surface area contributed by atoms with Gasteiger partial charge in [0.2, 0.25) is 0 Å². The van der Waals surface area contributed by atoms with Crippen LogP contribution in [0.15, 0.2) is 66.7 Å². The van der Waals surface area contributed by atoms with Crippen molar-refractivity contribution < 1.29 is 28.9 Å². The normalized spacial score (nSPS) is 13.0. The molecule has 1 aliphatic carbocycles. The van der Waals surface area contributed by atoms with Crippen LogP contribution in [0.1, 0.15) is 36.5 Å². The number of fused-ring (bicyclic) bond motifs is 3. The lowest BCUT2D eigenvalue weighted by atomic mass is 9.98. The van der Waals surface area contributed by atoms with Crippen LogP contribution in [-0.2, 0) is 16.0 Å². The summed E-state index contributed by atoms with van der Waals surface area (Å²) in [5, 5.41) is 12.2. The van der Waals surface area contributed by atoms with Crippen molar-refractivity contribution in [2.75, 3.05) is 13.7 Å². The number of rotatable bonds is 9. The number of amides is 1. The standard InChI is InChI=1S/C28H29NO6/c1-17(2)35-26-15-18(12-13-25(26)33-3)14-24(27(30)31)29-28(32)34-16-23-21-10-6-4-8-19(21)20-9-5-7-11-22(20)23/h4-13,15,17,23-24H,14,16H2,1-3H3,(H,29,32)(H,30,31). The maximum atomic E-state index is 12.6. The number of carbonyl (C=O) groups excluding carboxylic acids is 1. The van der Waals surface area contributed by atoms with Crippen molar-refractivity contribution in [2.45, 2.75) is 38.3 Å². The molecule has 7 nitrogen and oxygen atoms in total. The number of nitrogens with one attached hydrogen (secondary N) is 1. The predicted molar refractivity (Wildman–Crippen MR) is 132 cm³/mol. The van der Waals surface area contributed by atoms with E-state index in [1.165, 1.54) is 0 Å². The van der Waals surface area contributed by atoms with E-state index in [1.54, 1.807) is 25.3 Å². The van der Waals surface area contributed by atoms with Crippen LogP contribution in [0.25, 0.3) is 11.1 Å². The molecule has 1 atom stereocenters. The summed E-state index contributed by atoms with van der Waals surface area (Å²) in [4.78, 5) is 24.5. The van der Waals surface area contributed by atoms with Crippen LogP contribution < -0.4 is 14.8 Å². The van der Waals surface area contributed by atoms with Gasteiger partial charge in [0, 0.05) is 12.3 Å². The lowest BCUT2D eigenvalue weighted by Gasteiger charge is -2.19. The van der Waals surface area contributed by atoms with Gasteiger partial charge in [-0.25, -0.2) is 9.59 Å². The van der Waals surface area contributed by atoms with Gasteiger partial charge in [-0.2, -0.15) is 0 Å². The molecular formula is C28H29NO6. The van der Waals surface area contributed by atoms with Crippen molar-refractivity contribution in [3.05, 3.63) is 83.4 Å². The Kier molecular flexibility index (Phi) is 7.25. The zero-order valence-electron chi connectivity index (χ0n) is 20.0. The van der Waals surface area contributed by atoms with Crippen molar-refractivity contribution >= 4 is 12.1 Å². The first-order valence-corrected chi connectivity index (χ1v) is 11.5. The number of aliphatic carboxylic acids is 1. The molecule has 35 heavy (non-hydrogen) atoms. The Morgan fingerprint density at radius 1 is 0.943 bits per heavy atom. The second-order valence-electron chi connectivity index (χ2n) is 8.72. The number of ether oxygens (including phenoxy) is 3. The van der Waals surface area contributed by atoms with Gasteiger partial charge in [0.25, 0.3) is 0 Å². The smallest absolute Gasteiger partial charge is 0.407 e. The van der Waals surface area contributed by atoms with Crippen LogP contribution in [0.3, 0.4) is 0 Å². The first-order valence-electron chi connectivity index (χ1n) is 11.5. The third-order valence-corrected chi connectivity index (χ3v) is 5.96. The van der Waals surface area contributed by atoms with Gasteiger partial charge >= 0.3 is 12.1 Å². The summed E-state index contributed by atoms with van der Waals surface area (Å²) >= 11 is 0. The van der Waals surface area contributed by atoms with Crippen LogP contribution >= 0.6 is 0 Å². The summed E-state index contributed by atoms with van der Waals surface area (Å²) < 4.78 is 16.6. The van der Waals surface area contributed by atoms with Gasteiger partial charge in [0.15, 0.2) is 11.5 Å². The summed E-state index contributed by atoms with van der Waals surface area (Å²) in [5.41, 5.74) is 5.12. The fourth-order valence-corrected chi connectivity index (χ4v) is 4.41. The van der Waals surface area contributed by atoms with Crippen molar-refractivity contribution in [1.82, 2.24) is 5.32 Å². The minimum atomic E-state index is -1.16. The quantitative estimate of drug-likeness (QED) is 0.452. The number of hydrogen-bond donors (Lipinski definition) is 2. The molecule has 1 unspecified atom stereocenters. The summed E-state index contributed by atoms with van der Waals surface area (Å²) in [7, 11) is 1.54. The lowest BCUT2D eigenvalue weighted by Crippen LogP contribution is -2.42. The molecule has 7 heteroatoms. The Balaban J connectivity index is 1.43. The van der Waals surface area contributed by atoms with E-state index in [0.717, 1.165) is 22.3 Å². The molecule has 0 fully saturated rings. The van der Waals surface area contributed by atoms with Crippen molar-refractivity contribution in [1.29, 1.82) is 0 Å². The maximum Gasteiger partial charge on any atom is 0.407 e. The van der Waals surface area contributed by atoms with Crippen LogP contribution in [0.4, 0.5) is 4.79 Å². The molecule has 4 rings (SSSR count). The Morgan fingerprint density at radius 3 is 2.14 bits per heavy atom. The van der Waals surface area contributed by atoms with E-state index in [0.29, 0.717) is 17.1 Å². The number of carboxylic acid groups (broad SMARTS) is 1. The van der Waals surface area contributed by atoms with Gasteiger partial charge in [-0.3, -0.25) is 0 Å². The minimum absolute atomic E-state index is 0.0674. The second-order valence-corrected chi connectivity index (χ2v) is 8.72. The number of carboxylic acids is 1. The third-order valence-electron chi connectivity index (χ3n) is 5.96. The van der Waals surface area contributed by atoms with Crippen LogP contribution in [0, 0.1) is 0 Å². The van der Waals surface area contributed by atoms with Crippen molar-refractivity contribution in [3.8, 4) is 22.6 Å². The summed E-state index contributed by atoms with van der Waals surface area (Å²) in [6.07, 6.45) is -0.780. The molecule has 0 radical (unpaired) electrons. The highest BCUT2D eigenvalue weighted by Gasteiger charge is 2.30. The third kappa shape index (κ3) is 5.40. The van der Waals surface area contributed by atoms with Gasteiger partial charge in [0.05, 0.1) is 13.2 Å². The van der Waals surface area contributed by atoms with E-state index < -0.39 is 18.1 Å². The number of benzene rings is 3. The zero-order valence-corrected chi connectivity index (χ0v) is 20.0. The molecule has 0 spiro atoms. The molecule has 0 aromatic heterocycles. The lowest BCUT2D eigenvalue weighted by molar-refractivity contribution is -0.139. The molecule has 3 aromatic rings. The van der Waals surface area contributed by atoms with Gasteiger partial charge < -0.3 is 24.6 Å². The highest BCUT2D eigenvalue weighted by atomic mass is 16.5.